The van der Waals surface area contributed by atoms with Crippen LogP contribution in [0.3, 0.4) is 0 Å². The second-order valence-corrected chi connectivity index (χ2v) is 7.72. The predicted octanol–water partition coefficient (Wildman–Crippen LogP) is 1.41. The summed E-state index contributed by atoms with van der Waals surface area (Å²) in [6, 6.07) is 13.7. The average molecular weight is 428 g/mol. The Hall–Kier alpha value is -4.34. The van der Waals surface area contributed by atoms with Crippen molar-refractivity contribution < 1.29 is 4.40 Å². The number of fused-ring (bicyclic) bond motifs is 1. The van der Waals surface area contributed by atoms with Gasteiger partial charge in [0.25, 0.3) is 0 Å². The second-order valence-electron chi connectivity index (χ2n) is 7.72. The minimum atomic E-state index is -0.337. The summed E-state index contributed by atoms with van der Waals surface area (Å²) >= 11 is 0. The molecule has 0 radical (unpaired) electrons. The van der Waals surface area contributed by atoms with Gasteiger partial charge in [0.15, 0.2) is 5.82 Å². The number of pyridine rings is 1. The van der Waals surface area contributed by atoms with Crippen LogP contribution in [-0.2, 0) is 13.6 Å². The van der Waals surface area contributed by atoms with E-state index in [9.17, 15) is 4.79 Å². The van der Waals surface area contributed by atoms with Crippen LogP contribution in [0, 0.1) is 13.8 Å². The van der Waals surface area contributed by atoms with Gasteiger partial charge in [-0.05, 0) is 31.5 Å². The monoisotopic (exact) mass is 428 g/mol. The summed E-state index contributed by atoms with van der Waals surface area (Å²) in [7, 11) is 1.83. The van der Waals surface area contributed by atoms with E-state index in [4.69, 9.17) is 5.73 Å². The van der Waals surface area contributed by atoms with Crippen molar-refractivity contribution in [3.63, 3.8) is 0 Å². The van der Waals surface area contributed by atoms with Gasteiger partial charge >= 0.3 is 11.6 Å². The third kappa shape index (κ3) is 3.22. The Morgan fingerprint density at radius 1 is 1.06 bits per heavy atom. The molecule has 1 aromatic carbocycles. The molecule has 0 spiro atoms. The fraction of sp³-hybridized carbons (Fsp3) is 0.182. The van der Waals surface area contributed by atoms with E-state index in [-0.39, 0.29) is 18.2 Å². The van der Waals surface area contributed by atoms with Crippen LogP contribution in [-0.4, -0.2) is 34.5 Å². The highest BCUT2D eigenvalue weighted by Crippen LogP contribution is 2.33. The van der Waals surface area contributed by atoms with Crippen LogP contribution in [0.25, 0.3) is 28.0 Å². The van der Waals surface area contributed by atoms with Crippen LogP contribution in [0.4, 0.5) is 5.95 Å². The van der Waals surface area contributed by atoms with Gasteiger partial charge in [0, 0.05) is 24.0 Å². The highest BCUT2D eigenvalue weighted by atomic mass is 16.2. The third-order valence-corrected chi connectivity index (χ3v) is 5.34. The summed E-state index contributed by atoms with van der Waals surface area (Å²) in [6.07, 6.45) is 1.59. The third-order valence-electron chi connectivity index (χ3n) is 5.34. The van der Waals surface area contributed by atoms with E-state index >= 15 is 0 Å². The lowest BCUT2D eigenvalue weighted by Gasteiger charge is -2.10. The highest BCUT2D eigenvalue weighted by molar-refractivity contribution is 5.88. The number of nitrogens with two attached hydrogens (primary N) is 1. The van der Waals surface area contributed by atoms with Crippen LogP contribution in [0.15, 0.2) is 53.6 Å². The fourth-order valence-electron chi connectivity index (χ4n) is 3.91. The van der Waals surface area contributed by atoms with Crippen LogP contribution < -0.4 is 15.8 Å². The molecule has 5 rings (SSSR count). The first-order valence-electron chi connectivity index (χ1n) is 10.1. The van der Waals surface area contributed by atoms with Crippen molar-refractivity contribution in [1.29, 1.82) is 0 Å². The molecule has 4 aromatic heterocycles. The molecule has 0 aliphatic rings. The van der Waals surface area contributed by atoms with Gasteiger partial charge < -0.3 is 10.3 Å². The van der Waals surface area contributed by atoms with Gasteiger partial charge in [0.05, 0.1) is 5.56 Å². The number of hydrogen-bond acceptors (Lipinski definition) is 6. The average Bonchev–Trinajstić information content (AvgIpc) is 3.31. The number of H-pyrrole nitrogens is 1. The molecule has 0 saturated heterocycles. The molecule has 0 atom stereocenters. The van der Waals surface area contributed by atoms with Gasteiger partial charge in [-0.3, -0.25) is 4.98 Å². The number of hydrogen-bond donors (Lipinski definition) is 2. The van der Waals surface area contributed by atoms with Crippen LogP contribution in [0.5, 0.6) is 0 Å². The van der Waals surface area contributed by atoms with Gasteiger partial charge in [-0.2, -0.15) is 4.68 Å². The summed E-state index contributed by atoms with van der Waals surface area (Å²) in [6.45, 7) is 4.09. The molecule has 0 aliphatic heterocycles. The first-order chi connectivity index (χ1) is 15.4. The summed E-state index contributed by atoms with van der Waals surface area (Å²) in [5.41, 5.74) is 11.5. The standard InChI is InChI=1S/C22H21N9O/c1-13-9-16(10-14(2)25-13)18-19(15-7-5-4-6-8-15)26-21(23)31-20(18)28-30(22(31)32)11-17-27-24-12-29(17)3/h4-10,12H,11H2,1-3H3,(H2,23,25,26,28)/p+1. The predicted molar refractivity (Wildman–Crippen MR) is 119 cm³/mol. The fourth-order valence-corrected chi connectivity index (χ4v) is 3.91. The van der Waals surface area contributed by atoms with E-state index in [1.807, 2.05) is 63.4 Å². The SMILES string of the molecule is Cc1cc(-c2c(-c3ccccc3)nc(N)[n+]3c(=O)n(Cc4nncn4C)[nH]c23)cc(C)n1. The van der Waals surface area contributed by atoms with Crippen molar-refractivity contribution in [3.05, 3.63) is 76.5 Å². The molecule has 10 nitrogen and oxygen atoms in total. The minimum absolute atomic E-state index is 0.100. The molecule has 5 aromatic rings. The maximum Gasteiger partial charge on any atom is 0.428 e. The zero-order valence-electron chi connectivity index (χ0n) is 17.9. The molecule has 4 heterocycles. The van der Waals surface area contributed by atoms with E-state index in [1.165, 1.54) is 9.08 Å². The molecule has 0 unspecified atom stereocenters. The largest absolute Gasteiger partial charge is 0.428 e. The number of nitrogens with one attached hydrogen (secondary N) is 1. The Morgan fingerprint density at radius 3 is 2.44 bits per heavy atom. The Morgan fingerprint density at radius 2 is 1.78 bits per heavy atom. The molecule has 0 fully saturated rings. The maximum absolute atomic E-state index is 13.3. The Kier molecular flexibility index (Phi) is 4.54. The number of nitrogen functional groups attached to an aromatic ring is 1. The van der Waals surface area contributed by atoms with Gasteiger partial charge in [-0.1, -0.05) is 30.3 Å². The van der Waals surface area contributed by atoms with Crippen LogP contribution >= 0.6 is 0 Å². The summed E-state index contributed by atoms with van der Waals surface area (Å²) in [5, 5.41) is 11.2. The Balaban J connectivity index is 1.84. The van der Waals surface area contributed by atoms with Gasteiger partial charge in [-0.25, -0.2) is 9.89 Å². The normalized spacial score (nSPS) is 11.3. The van der Waals surface area contributed by atoms with E-state index in [0.29, 0.717) is 17.2 Å². The molecule has 0 bridgehead atoms. The summed E-state index contributed by atoms with van der Waals surface area (Å²) in [4.78, 5) is 22.4. The summed E-state index contributed by atoms with van der Waals surface area (Å²) < 4.78 is 4.61. The first-order valence-corrected chi connectivity index (χ1v) is 10.1. The zero-order chi connectivity index (χ0) is 22.4. The van der Waals surface area contributed by atoms with Gasteiger partial charge in [-0.15, -0.1) is 19.6 Å². The van der Waals surface area contributed by atoms with Crippen molar-refractivity contribution in [3.8, 4) is 22.4 Å². The van der Waals surface area contributed by atoms with E-state index in [1.54, 1.807) is 10.9 Å². The van der Waals surface area contributed by atoms with Crippen molar-refractivity contribution in [2.24, 2.45) is 7.05 Å². The molecule has 0 aliphatic carbocycles. The smallest absolute Gasteiger partial charge is 0.319 e. The Bertz CT molecular complexity index is 1490. The molecule has 160 valence electrons. The minimum Gasteiger partial charge on any atom is -0.319 e. The quantitative estimate of drug-likeness (QED) is 0.417. The lowest BCUT2D eigenvalue weighted by atomic mass is 9.99. The molecular formula is C22H22N9O+. The number of aryl methyl sites for hydroxylation is 3. The van der Waals surface area contributed by atoms with Crippen molar-refractivity contribution >= 4 is 11.6 Å². The number of rotatable bonds is 4. The lowest BCUT2D eigenvalue weighted by Crippen LogP contribution is -2.44. The van der Waals surface area contributed by atoms with Crippen molar-refractivity contribution in [2.45, 2.75) is 20.4 Å². The topological polar surface area (TPSA) is 124 Å². The van der Waals surface area contributed by atoms with E-state index in [0.717, 1.165) is 28.1 Å². The van der Waals surface area contributed by atoms with Crippen LogP contribution in [0.1, 0.15) is 17.2 Å². The maximum atomic E-state index is 13.3. The first kappa shape index (κ1) is 19.6. The number of nitrogens with zero attached hydrogens (tertiary/aromatic N) is 7. The molecule has 32 heavy (non-hydrogen) atoms. The molecule has 10 heteroatoms. The Labute approximate surface area is 183 Å². The van der Waals surface area contributed by atoms with Crippen molar-refractivity contribution in [1.82, 2.24) is 34.5 Å². The van der Waals surface area contributed by atoms with Crippen molar-refractivity contribution in [2.75, 3.05) is 5.73 Å². The zero-order valence-corrected chi connectivity index (χ0v) is 17.9. The number of aromatic amines is 1. The second kappa shape index (κ2) is 7.41. The number of benzene rings is 1. The van der Waals surface area contributed by atoms with Crippen LogP contribution in [0.2, 0.25) is 0 Å². The van der Waals surface area contributed by atoms with Gasteiger partial charge in [0.1, 0.15) is 18.6 Å². The molecule has 0 saturated carbocycles. The molecular weight excluding hydrogens is 406 g/mol. The number of anilines is 1. The van der Waals surface area contributed by atoms with E-state index < -0.39 is 0 Å². The number of aromatic nitrogens is 8. The molecule has 0 amide bonds. The van der Waals surface area contributed by atoms with Gasteiger partial charge in [0.2, 0.25) is 5.65 Å². The summed E-state index contributed by atoms with van der Waals surface area (Å²) in [5.74, 6) is 0.731. The lowest BCUT2D eigenvalue weighted by molar-refractivity contribution is -0.516. The van der Waals surface area contributed by atoms with E-state index in [2.05, 4.69) is 25.3 Å². The molecule has 3 N–H and O–H groups in total. The highest BCUT2D eigenvalue weighted by Gasteiger charge is 2.26.